The average molecular weight is 483 g/mol. The largest absolute Gasteiger partial charge is 0.455 e. The number of rotatable bonds is 4. The van der Waals surface area contributed by atoms with E-state index in [1.54, 1.807) is 13.0 Å². The molecule has 0 fully saturated rings. The third-order valence-electron chi connectivity index (χ3n) is 5.89. The van der Waals surface area contributed by atoms with Crippen LogP contribution in [0.25, 0.3) is 10.9 Å². The highest BCUT2D eigenvalue weighted by Gasteiger charge is 2.28. The highest BCUT2D eigenvalue weighted by molar-refractivity contribution is 6.07. The lowest BCUT2D eigenvalue weighted by atomic mass is 9.93. The van der Waals surface area contributed by atoms with Gasteiger partial charge in [-0.2, -0.15) is 5.10 Å². The zero-order valence-electron chi connectivity index (χ0n) is 19.4. The minimum Gasteiger partial charge on any atom is -0.455 e. The molecule has 10 nitrogen and oxygen atoms in total. The van der Waals surface area contributed by atoms with E-state index in [0.717, 1.165) is 17.3 Å². The third kappa shape index (κ3) is 4.56. The van der Waals surface area contributed by atoms with Gasteiger partial charge in [-0.1, -0.05) is 24.3 Å². The molecular weight excluding hydrogens is 460 g/mol. The lowest BCUT2D eigenvalue weighted by Crippen LogP contribution is -2.41. The molecule has 0 unspecified atom stereocenters. The first-order valence-electron chi connectivity index (χ1n) is 11.4. The van der Waals surface area contributed by atoms with E-state index in [1.807, 2.05) is 30.3 Å². The number of hydrazine groups is 1. The van der Waals surface area contributed by atoms with Gasteiger partial charge in [0.05, 0.1) is 11.2 Å². The van der Waals surface area contributed by atoms with E-state index >= 15 is 0 Å². The minimum absolute atomic E-state index is 0.0761. The molecule has 3 aromatic heterocycles. The van der Waals surface area contributed by atoms with E-state index in [0.29, 0.717) is 41.0 Å². The van der Waals surface area contributed by atoms with Gasteiger partial charge in [0.15, 0.2) is 5.76 Å². The van der Waals surface area contributed by atoms with Crippen LogP contribution in [0.15, 0.2) is 70.4 Å². The van der Waals surface area contributed by atoms with Crippen molar-refractivity contribution in [3.8, 4) is 0 Å². The number of amides is 3. The summed E-state index contributed by atoms with van der Waals surface area (Å²) in [6.07, 6.45) is 4.96. The number of furan rings is 1. The first-order valence-corrected chi connectivity index (χ1v) is 11.4. The molecule has 3 amide bonds. The van der Waals surface area contributed by atoms with Gasteiger partial charge in [0, 0.05) is 40.9 Å². The maximum atomic E-state index is 12.7. The van der Waals surface area contributed by atoms with E-state index in [-0.39, 0.29) is 11.5 Å². The third-order valence-corrected chi connectivity index (χ3v) is 5.89. The number of carbonyl (C=O) groups is 3. The van der Waals surface area contributed by atoms with E-state index < -0.39 is 17.7 Å². The number of aromatic nitrogens is 2. The average Bonchev–Trinajstić information content (AvgIpc) is 3.27. The molecule has 0 aliphatic heterocycles. The molecule has 180 valence electrons. The van der Waals surface area contributed by atoms with Crippen LogP contribution < -0.4 is 16.3 Å². The van der Waals surface area contributed by atoms with Gasteiger partial charge in [0.1, 0.15) is 11.5 Å². The van der Waals surface area contributed by atoms with Crippen molar-refractivity contribution in [1.29, 1.82) is 0 Å². The molecule has 4 aromatic rings. The molecule has 10 heteroatoms. The van der Waals surface area contributed by atoms with Crippen LogP contribution in [0.3, 0.4) is 0 Å². The Morgan fingerprint density at radius 2 is 1.69 bits per heavy atom. The lowest BCUT2D eigenvalue weighted by molar-refractivity contribution is 0.0829. The van der Waals surface area contributed by atoms with E-state index in [9.17, 15) is 14.4 Å². The van der Waals surface area contributed by atoms with Gasteiger partial charge < -0.3 is 4.42 Å². The first-order chi connectivity index (χ1) is 17.5. The predicted molar refractivity (Wildman–Crippen MR) is 131 cm³/mol. The van der Waals surface area contributed by atoms with Gasteiger partial charge in [-0.3, -0.25) is 30.2 Å². The highest BCUT2D eigenvalue weighted by atomic mass is 16.4. The summed E-state index contributed by atoms with van der Waals surface area (Å²) in [6, 6.07) is 14.1. The van der Waals surface area contributed by atoms with Crippen LogP contribution in [-0.2, 0) is 6.42 Å². The molecule has 0 bridgehead atoms. The fraction of sp³-hybridized carbons (Fsp3) is 0.154. The van der Waals surface area contributed by atoms with E-state index in [4.69, 9.17) is 4.42 Å². The fourth-order valence-electron chi connectivity index (χ4n) is 4.11. The van der Waals surface area contributed by atoms with Crippen molar-refractivity contribution >= 4 is 34.3 Å². The zero-order chi connectivity index (χ0) is 25.1. The maximum absolute atomic E-state index is 12.7. The Hall–Kier alpha value is -4.86. The molecule has 1 aliphatic rings. The van der Waals surface area contributed by atoms with Crippen LogP contribution in [0, 0.1) is 6.92 Å². The van der Waals surface area contributed by atoms with Crippen LogP contribution in [-0.4, -0.2) is 33.4 Å². The van der Waals surface area contributed by atoms with E-state index in [2.05, 4.69) is 31.3 Å². The molecule has 1 aromatic carbocycles. The topological polar surface area (TPSA) is 139 Å². The van der Waals surface area contributed by atoms with Gasteiger partial charge in [-0.05, 0) is 44.0 Å². The molecule has 0 saturated heterocycles. The number of pyridine rings is 2. The Morgan fingerprint density at radius 3 is 2.53 bits per heavy atom. The summed E-state index contributed by atoms with van der Waals surface area (Å²) >= 11 is 0. The van der Waals surface area contributed by atoms with Crippen LogP contribution >= 0.6 is 0 Å². The number of benzene rings is 1. The second-order valence-corrected chi connectivity index (χ2v) is 8.24. The number of nitrogens with zero attached hydrogens (tertiary/aromatic N) is 3. The Kier molecular flexibility index (Phi) is 6.23. The smallest absolute Gasteiger partial charge is 0.305 e. The summed E-state index contributed by atoms with van der Waals surface area (Å²) in [4.78, 5) is 45.9. The molecule has 0 atom stereocenters. The minimum atomic E-state index is -0.590. The number of hydrazone groups is 1. The lowest BCUT2D eigenvalue weighted by Gasteiger charge is -2.13. The van der Waals surface area contributed by atoms with Crippen molar-refractivity contribution < 1.29 is 18.8 Å². The summed E-state index contributed by atoms with van der Waals surface area (Å²) in [7, 11) is 0. The van der Waals surface area contributed by atoms with Crippen molar-refractivity contribution in [2.24, 2.45) is 5.10 Å². The van der Waals surface area contributed by atoms with Crippen molar-refractivity contribution in [3.63, 3.8) is 0 Å². The molecule has 0 saturated carbocycles. The number of aryl methyl sites for hydroxylation is 1. The molecule has 3 N–H and O–H groups in total. The molecular formula is C26H22N6O4. The fourth-order valence-corrected chi connectivity index (χ4v) is 4.11. The Labute approximate surface area is 205 Å². The Balaban J connectivity index is 1.31. The standard InChI is InChI=1S/C26H22N6O4/c1-15-22-19(29-31-25(34)20-10-9-16-5-2-3-6-18(16)28-20)7-4-8-21(22)36-23(15)26(35)32-30-24(33)17-11-13-27-14-12-17/h2-3,5-6,9-14H,4,7-8H2,1H3,(H,30,33)(H,31,34)(H,32,35)/b29-19+. The Bertz CT molecular complexity index is 1510. The number of nitrogens with one attached hydrogen (secondary N) is 3. The van der Waals surface area contributed by atoms with Gasteiger partial charge >= 0.3 is 5.91 Å². The normalized spacial score (nSPS) is 13.8. The molecule has 3 heterocycles. The van der Waals surface area contributed by atoms with Gasteiger partial charge in [-0.15, -0.1) is 0 Å². The Morgan fingerprint density at radius 1 is 0.917 bits per heavy atom. The molecule has 0 radical (unpaired) electrons. The van der Waals surface area contributed by atoms with Crippen LogP contribution in [0.4, 0.5) is 0 Å². The second-order valence-electron chi connectivity index (χ2n) is 8.24. The number of carbonyl (C=O) groups excluding carboxylic acids is 3. The SMILES string of the molecule is Cc1c(C(=O)NNC(=O)c2ccncc2)oc2c1/C(=N/NC(=O)c1ccc3ccccc3n1)CCC2. The summed E-state index contributed by atoms with van der Waals surface area (Å²) in [5.74, 6) is -0.813. The van der Waals surface area contributed by atoms with Gasteiger partial charge in [0.2, 0.25) is 0 Å². The summed E-state index contributed by atoms with van der Waals surface area (Å²) in [6.45, 7) is 1.75. The molecule has 0 spiro atoms. The molecule has 5 rings (SSSR count). The number of hydrogen-bond acceptors (Lipinski definition) is 7. The summed E-state index contributed by atoms with van der Waals surface area (Å²) in [5.41, 5.74) is 10.5. The monoisotopic (exact) mass is 482 g/mol. The maximum Gasteiger partial charge on any atom is 0.305 e. The highest BCUT2D eigenvalue weighted by Crippen LogP contribution is 2.29. The summed E-state index contributed by atoms with van der Waals surface area (Å²) in [5, 5.41) is 5.28. The zero-order valence-corrected chi connectivity index (χ0v) is 19.4. The van der Waals surface area contributed by atoms with Crippen molar-refractivity contribution in [2.45, 2.75) is 26.2 Å². The molecule has 1 aliphatic carbocycles. The van der Waals surface area contributed by atoms with Crippen molar-refractivity contribution in [3.05, 3.63) is 94.8 Å². The van der Waals surface area contributed by atoms with Crippen LogP contribution in [0.1, 0.15) is 61.1 Å². The van der Waals surface area contributed by atoms with Gasteiger partial charge in [-0.25, -0.2) is 10.4 Å². The number of fused-ring (bicyclic) bond motifs is 2. The van der Waals surface area contributed by atoms with Crippen LogP contribution in [0.2, 0.25) is 0 Å². The number of para-hydroxylation sites is 1. The first kappa shape index (κ1) is 22.9. The second kappa shape index (κ2) is 9.79. The van der Waals surface area contributed by atoms with Crippen molar-refractivity contribution in [1.82, 2.24) is 26.2 Å². The van der Waals surface area contributed by atoms with Crippen molar-refractivity contribution in [2.75, 3.05) is 0 Å². The predicted octanol–water partition coefficient (Wildman–Crippen LogP) is 3.08. The van der Waals surface area contributed by atoms with Gasteiger partial charge in [0.25, 0.3) is 11.8 Å². The molecule has 36 heavy (non-hydrogen) atoms. The van der Waals surface area contributed by atoms with Crippen LogP contribution in [0.5, 0.6) is 0 Å². The quantitative estimate of drug-likeness (QED) is 0.382. The summed E-state index contributed by atoms with van der Waals surface area (Å²) < 4.78 is 5.83. The number of hydrogen-bond donors (Lipinski definition) is 3. The van der Waals surface area contributed by atoms with E-state index in [1.165, 1.54) is 24.5 Å².